The van der Waals surface area contributed by atoms with E-state index in [0.29, 0.717) is 0 Å². The van der Waals surface area contributed by atoms with Crippen LogP contribution in [0.1, 0.15) is 0 Å². The van der Waals surface area contributed by atoms with Crippen molar-refractivity contribution in [2.75, 3.05) is 11.9 Å². The van der Waals surface area contributed by atoms with Crippen LogP contribution in [-0.4, -0.2) is 17.0 Å². The fourth-order valence-electron chi connectivity index (χ4n) is 1.83. The van der Waals surface area contributed by atoms with Crippen LogP contribution in [0.25, 0.3) is 10.1 Å². The molecule has 0 aromatic carbocycles. The Labute approximate surface area is 103 Å². The summed E-state index contributed by atoms with van der Waals surface area (Å²) in [6.07, 6.45) is 7.35. The molecular weight excluding hydrogens is 230 g/mol. The van der Waals surface area contributed by atoms with Gasteiger partial charge in [0.15, 0.2) is 0 Å². The normalized spacial score (nSPS) is 10.6. The van der Waals surface area contributed by atoms with Gasteiger partial charge >= 0.3 is 0 Å². The minimum absolute atomic E-state index is 1.14. The van der Waals surface area contributed by atoms with Gasteiger partial charge in [0.2, 0.25) is 0 Å². The van der Waals surface area contributed by atoms with Gasteiger partial charge in [0, 0.05) is 48.3 Å². The summed E-state index contributed by atoms with van der Waals surface area (Å²) >= 11 is 1.72. The lowest BCUT2D eigenvalue weighted by molar-refractivity contribution is 1.20. The molecular formula is C13H11N3S. The van der Waals surface area contributed by atoms with Crippen LogP contribution >= 0.6 is 11.3 Å². The predicted octanol–water partition coefficient (Wildman–Crippen LogP) is 3.46. The Morgan fingerprint density at radius 2 is 1.82 bits per heavy atom. The van der Waals surface area contributed by atoms with E-state index in [4.69, 9.17) is 0 Å². The molecule has 3 rings (SSSR count). The third-order valence-electron chi connectivity index (χ3n) is 2.77. The first kappa shape index (κ1) is 10.2. The molecule has 0 saturated carbocycles. The summed E-state index contributed by atoms with van der Waals surface area (Å²) in [7, 11) is 2.07. The van der Waals surface area contributed by atoms with Crippen LogP contribution in [0.4, 0.5) is 11.4 Å². The number of thiophene rings is 1. The highest BCUT2D eigenvalue weighted by Crippen LogP contribution is 2.34. The number of pyridine rings is 2. The number of hydrogen-bond acceptors (Lipinski definition) is 4. The van der Waals surface area contributed by atoms with Crippen LogP contribution in [0, 0.1) is 0 Å². The van der Waals surface area contributed by atoms with Gasteiger partial charge in [0.05, 0.1) is 10.4 Å². The van der Waals surface area contributed by atoms with E-state index in [1.165, 1.54) is 15.8 Å². The highest BCUT2D eigenvalue weighted by atomic mass is 32.1. The van der Waals surface area contributed by atoms with Crippen molar-refractivity contribution in [3.05, 3.63) is 48.4 Å². The topological polar surface area (TPSA) is 29.0 Å². The maximum Gasteiger partial charge on any atom is 0.0597 e. The molecule has 0 atom stereocenters. The number of hydrogen-bond donors (Lipinski definition) is 0. The molecule has 0 aliphatic carbocycles. The van der Waals surface area contributed by atoms with E-state index in [9.17, 15) is 0 Å². The van der Waals surface area contributed by atoms with Crippen molar-refractivity contribution in [1.29, 1.82) is 0 Å². The van der Waals surface area contributed by atoms with Crippen LogP contribution in [0.3, 0.4) is 0 Å². The van der Waals surface area contributed by atoms with Crippen molar-refractivity contribution < 1.29 is 0 Å². The summed E-state index contributed by atoms with van der Waals surface area (Å²) in [5, 5.41) is 3.40. The summed E-state index contributed by atoms with van der Waals surface area (Å²) < 4.78 is 1.21. The number of aromatic nitrogens is 2. The zero-order valence-corrected chi connectivity index (χ0v) is 10.2. The van der Waals surface area contributed by atoms with Crippen molar-refractivity contribution in [2.24, 2.45) is 0 Å². The Morgan fingerprint density at radius 1 is 1.06 bits per heavy atom. The van der Waals surface area contributed by atoms with Crippen LogP contribution < -0.4 is 4.90 Å². The van der Waals surface area contributed by atoms with Crippen LogP contribution in [0.2, 0.25) is 0 Å². The lowest BCUT2D eigenvalue weighted by Gasteiger charge is -2.18. The van der Waals surface area contributed by atoms with E-state index < -0.39 is 0 Å². The highest BCUT2D eigenvalue weighted by molar-refractivity contribution is 7.17. The second-order valence-electron chi connectivity index (χ2n) is 3.76. The fraction of sp³-hybridized carbons (Fsp3) is 0.0769. The van der Waals surface area contributed by atoms with E-state index in [1.807, 2.05) is 36.9 Å². The van der Waals surface area contributed by atoms with Crippen molar-refractivity contribution in [3.8, 4) is 0 Å². The maximum absolute atomic E-state index is 4.14. The second-order valence-corrected chi connectivity index (χ2v) is 4.67. The molecule has 0 spiro atoms. The standard InChI is InChI=1S/C13H11N3S/c1-16(10-2-5-14-6-3-10)12-9-17-13-8-15-7-4-11(12)13/h2-9H,1H3. The van der Waals surface area contributed by atoms with Crippen molar-refractivity contribution in [1.82, 2.24) is 9.97 Å². The van der Waals surface area contributed by atoms with Gasteiger partial charge in [-0.15, -0.1) is 11.3 Å². The van der Waals surface area contributed by atoms with Gasteiger partial charge < -0.3 is 4.90 Å². The average Bonchev–Trinajstić information content (AvgIpc) is 2.83. The van der Waals surface area contributed by atoms with Gasteiger partial charge in [-0.2, -0.15) is 0 Å². The first-order valence-corrected chi connectivity index (χ1v) is 6.19. The molecule has 0 aliphatic rings. The molecule has 84 valence electrons. The molecule has 0 bridgehead atoms. The quantitative estimate of drug-likeness (QED) is 0.688. The van der Waals surface area contributed by atoms with E-state index in [2.05, 4.69) is 33.4 Å². The molecule has 3 aromatic heterocycles. The van der Waals surface area contributed by atoms with E-state index in [-0.39, 0.29) is 0 Å². The molecule has 0 unspecified atom stereocenters. The third-order valence-corrected chi connectivity index (χ3v) is 3.69. The van der Waals surface area contributed by atoms with Gasteiger partial charge in [0.25, 0.3) is 0 Å². The number of nitrogens with zero attached hydrogens (tertiary/aromatic N) is 3. The molecule has 0 N–H and O–H groups in total. The monoisotopic (exact) mass is 241 g/mol. The molecule has 0 amide bonds. The summed E-state index contributed by atoms with van der Waals surface area (Å²) in [5.74, 6) is 0. The van der Waals surface area contributed by atoms with Crippen LogP contribution in [0.15, 0.2) is 48.4 Å². The molecule has 4 heteroatoms. The third kappa shape index (κ3) is 1.76. The van der Waals surface area contributed by atoms with E-state index >= 15 is 0 Å². The fourth-order valence-corrected chi connectivity index (χ4v) is 2.78. The van der Waals surface area contributed by atoms with Gasteiger partial charge in [-0.1, -0.05) is 0 Å². The minimum Gasteiger partial charge on any atom is -0.343 e. The van der Waals surface area contributed by atoms with Gasteiger partial charge in [-0.25, -0.2) is 0 Å². The summed E-state index contributed by atoms with van der Waals surface area (Å²) in [6, 6.07) is 6.06. The number of fused-ring (bicyclic) bond motifs is 1. The van der Waals surface area contributed by atoms with E-state index in [0.717, 1.165) is 5.69 Å². The van der Waals surface area contributed by atoms with Gasteiger partial charge in [-0.05, 0) is 18.2 Å². The molecule has 3 aromatic rings. The second kappa shape index (κ2) is 4.14. The molecule has 0 saturated heterocycles. The average molecular weight is 241 g/mol. The van der Waals surface area contributed by atoms with Crippen molar-refractivity contribution in [2.45, 2.75) is 0 Å². The summed E-state index contributed by atoms with van der Waals surface area (Å²) in [6.45, 7) is 0. The molecule has 0 aliphatic heterocycles. The predicted molar refractivity (Wildman–Crippen MR) is 71.9 cm³/mol. The zero-order valence-electron chi connectivity index (χ0n) is 9.37. The minimum atomic E-state index is 1.14. The zero-order chi connectivity index (χ0) is 11.7. The number of rotatable bonds is 2. The Hall–Kier alpha value is -1.94. The molecule has 3 nitrogen and oxygen atoms in total. The Kier molecular flexibility index (Phi) is 2.49. The van der Waals surface area contributed by atoms with Crippen LogP contribution in [0.5, 0.6) is 0 Å². The number of anilines is 2. The highest BCUT2D eigenvalue weighted by Gasteiger charge is 2.09. The first-order chi connectivity index (χ1) is 8.36. The van der Waals surface area contributed by atoms with Crippen molar-refractivity contribution >= 4 is 32.8 Å². The molecule has 0 radical (unpaired) electrons. The smallest absolute Gasteiger partial charge is 0.0597 e. The molecule has 17 heavy (non-hydrogen) atoms. The Balaban J connectivity index is 2.10. The summed E-state index contributed by atoms with van der Waals surface area (Å²) in [4.78, 5) is 10.3. The lowest BCUT2D eigenvalue weighted by Crippen LogP contribution is -2.08. The molecule has 0 fully saturated rings. The largest absolute Gasteiger partial charge is 0.343 e. The van der Waals surface area contributed by atoms with Crippen molar-refractivity contribution in [3.63, 3.8) is 0 Å². The Bertz CT molecular complexity index is 633. The maximum atomic E-state index is 4.14. The summed E-state index contributed by atoms with van der Waals surface area (Å²) in [5.41, 5.74) is 2.34. The van der Waals surface area contributed by atoms with Gasteiger partial charge in [-0.3, -0.25) is 9.97 Å². The SMILES string of the molecule is CN(c1ccncc1)c1csc2cnccc12. The first-order valence-electron chi connectivity index (χ1n) is 5.31. The van der Waals surface area contributed by atoms with E-state index in [1.54, 1.807) is 11.3 Å². The Morgan fingerprint density at radius 3 is 2.65 bits per heavy atom. The lowest BCUT2D eigenvalue weighted by atomic mass is 10.2. The molecule has 3 heterocycles. The van der Waals surface area contributed by atoms with Gasteiger partial charge in [0.1, 0.15) is 0 Å². The van der Waals surface area contributed by atoms with Crippen LogP contribution in [-0.2, 0) is 0 Å².